The minimum absolute atomic E-state index is 0.160. The minimum atomic E-state index is -0.228. The summed E-state index contributed by atoms with van der Waals surface area (Å²) in [6.07, 6.45) is 5.44. The van der Waals surface area contributed by atoms with Crippen molar-refractivity contribution in [1.82, 2.24) is 19.9 Å². The summed E-state index contributed by atoms with van der Waals surface area (Å²) >= 11 is 0. The van der Waals surface area contributed by atoms with Gasteiger partial charge in [0.1, 0.15) is 5.82 Å². The number of pyridine rings is 1. The van der Waals surface area contributed by atoms with Crippen LogP contribution in [0.3, 0.4) is 0 Å². The first kappa shape index (κ1) is 18.1. The number of rotatable bonds is 4. The number of anilines is 2. The smallest absolute Gasteiger partial charge is 0.251 e. The van der Waals surface area contributed by atoms with E-state index in [1.54, 1.807) is 31.6 Å². The Kier molecular flexibility index (Phi) is 4.09. The molecule has 3 saturated heterocycles. The third kappa shape index (κ3) is 2.96. The Balaban J connectivity index is 1.30. The van der Waals surface area contributed by atoms with Crippen molar-refractivity contribution in [3.63, 3.8) is 0 Å². The molecule has 5 heterocycles. The van der Waals surface area contributed by atoms with Crippen molar-refractivity contribution >= 4 is 17.7 Å². The van der Waals surface area contributed by atoms with Gasteiger partial charge in [0.05, 0.1) is 18.2 Å². The van der Waals surface area contributed by atoms with Crippen LogP contribution in [0.4, 0.5) is 11.8 Å². The second-order valence-corrected chi connectivity index (χ2v) is 8.27. The van der Waals surface area contributed by atoms with Gasteiger partial charge in [0.15, 0.2) is 0 Å². The van der Waals surface area contributed by atoms with Crippen molar-refractivity contribution < 1.29 is 9.53 Å². The Morgan fingerprint density at radius 3 is 3.10 bits per heavy atom. The number of carbonyl (C=O) groups is 1. The third-order valence-electron chi connectivity index (χ3n) is 6.60. The molecule has 3 N–H and O–H groups in total. The average molecular weight is 396 g/mol. The number of ether oxygens (including phenoxy) is 1. The molecule has 3 fully saturated rings. The van der Waals surface area contributed by atoms with Gasteiger partial charge < -0.3 is 25.3 Å². The van der Waals surface area contributed by atoms with Crippen LogP contribution in [0.15, 0.2) is 35.4 Å². The summed E-state index contributed by atoms with van der Waals surface area (Å²) in [7, 11) is 1.66. The van der Waals surface area contributed by atoms with Gasteiger partial charge in [-0.2, -0.15) is 4.98 Å². The summed E-state index contributed by atoms with van der Waals surface area (Å²) in [4.78, 5) is 35.2. The summed E-state index contributed by atoms with van der Waals surface area (Å²) < 4.78 is 7.86. The maximum Gasteiger partial charge on any atom is 0.251 e. The molecule has 0 saturated carbocycles. The van der Waals surface area contributed by atoms with Crippen molar-refractivity contribution in [2.45, 2.75) is 24.5 Å². The van der Waals surface area contributed by atoms with E-state index >= 15 is 0 Å². The molecule has 4 atom stereocenters. The predicted octanol–water partition coefficient (Wildman–Crippen LogP) is 0.171. The van der Waals surface area contributed by atoms with Crippen molar-refractivity contribution in [1.29, 1.82) is 0 Å². The number of nitrogens with two attached hydrogens (primary N) is 1. The minimum Gasteiger partial charge on any atom is -0.384 e. The first-order chi connectivity index (χ1) is 13.9. The molecule has 0 radical (unpaired) electrons. The van der Waals surface area contributed by atoms with Crippen LogP contribution in [0.5, 0.6) is 0 Å². The molecule has 29 heavy (non-hydrogen) atoms. The van der Waals surface area contributed by atoms with Gasteiger partial charge >= 0.3 is 0 Å². The Bertz CT molecular complexity index is 1020. The fraction of sp³-hybridized carbons (Fsp3) is 0.500. The summed E-state index contributed by atoms with van der Waals surface area (Å²) in [5, 5.41) is 3.01. The van der Waals surface area contributed by atoms with E-state index in [1.807, 2.05) is 0 Å². The van der Waals surface area contributed by atoms with Crippen LogP contribution in [-0.4, -0.2) is 51.8 Å². The topological polar surface area (TPSA) is 115 Å². The van der Waals surface area contributed by atoms with Crippen LogP contribution in [0.1, 0.15) is 23.2 Å². The van der Waals surface area contributed by atoms with Crippen molar-refractivity contribution in [3.05, 3.63) is 46.5 Å². The monoisotopic (exact) mass is 396 g/mol. The molecule has 9 heteroatoms. The van der Waals surface area contributed by atoms with Crippen molar-refractivity contribution in [3.8, 4) is 0 Å². The number of nitrogen functional groups attached to an aromatic ring is 1. The first-order valence-electron chi connectivity index (χ1n) is 9.91. The number of nitrogens with one attached hydrogen (secondary N) is 1. The van der Waals surface area contributed by atoms with Crippen LogP contribution < -0.4 is 21.5 Å². The number of aromatic nitrogens is 3. The molecule has 1 amide bonds. The number of hydrogen-bond donors (Lipinski definition) is 2. The van der Waals surface area contributed by atoms with E-state index in [4.69, 9.17) is 10.5 Å². The van der Waals surface area contributed by atoms with Gasteiger partial charge in [0.25, 0.3) is 11.5 Å². The maximum absolute atomic E-state index is 12.5. The van der Waals surface area contributed by atoms with E-state index in [-0.39, 0.29) is 29.1 Å². The molecule has 3 aliphatic rings. The van der Waals surface area contributed by atoms with Crippen LogP contribution in [0.2, 0.25) is 0 Å². The third-order valence-corrected chi connectivity index (χ3v) is 6.60. The van der Waals surface area contributed by atoms with E-state index in [0.29, 0.717) is 29.8 Å². The molecule has 5 rings (SSSR count). The summed E-state index contributed by atoms with van der Waals surface area (Å²) in [6.45, 7) is 2.06. The molecular weight excluding hydrogens is 372 g/mol. The SMILES string of the molecule is Cn1ccc(C(=O)NC[C@H]2[C@H]3CN(c4nccc(N)n4)C[C@]34CC[C@H]2O4)cc1=O. The quantitative estimate of drug-likeness (QED) is 0.757. The average Bonchev–Trinajstić information content (AvgIpc) is 3.37. The highest BCUT2D eigenvalue weighted by Gasteiger charge is 2.63. The highest BCUT2D eigenvalue weighted by Crippen LogP contribution is 2.54. The molecule has 0 aliphatic carbocycles. The predicted molar refractivity (Wildman–Crippen MR) is 106 cm³/mol. The van der Waals surface area contributed by atoms with Crippen molar-refractivity contribution in [2.75, 3.05) is 30.3 Å². The van der Waals surface area contributed by atoms with Crippen LogP contribution >= 0.6 is 0 Å². The first-order valence-corrected chi connectivity index (χ1v) is 9.91. The lowest BCUT2D eigenvalue weighted by Crippen LogP contribution is -2.42. The molecule has 2 bridgehead atoms. The normalized spacial score (nSPS) is 29.8. The van der Waals surface area contributed by atoms with E-state index < -0.39 is 0 Å². The second kappa shape index (κ2) is 6.55. The molecule has 1 spiro atoms. The van der Waals surface area contributed by atoms with Crippen LogP contribution in [0.25, 0.3) is 0 Å². The number of carbonyl (C=O) groups excluding carboxylic acids is 1. The van der Waals surface area contributed by atoms with E-state index in [1.165, 1.54) is 10.6 Å². The molecule has 152 valence electrons. The van der Waals surface area contributed by atoms with Gasteiger partial charge in [-0.3, -0.25) is 9.59 Å². The number of nitrogens with zero attached hydrogens (tertiary/aromatic N) is 4. The summed E-state index contributed by atoms with van der Waals surface area (Å²) in [6, 6.07) is 4.70. The molecule has 2 aromatic heterocycles. The fourth-order valence-electron chi connectivity index (χ4n) is 5.13. The zero-order valence-electron chi connectivity index (χ0n) is 16.2. The zero-order valence-corrected chi connectivity index (χ0v) is 16.2. The van der Waals surface area contributed by atoms with Gasteiger partial charge in [0, 0.05) is 56.0 Å². The molecule has 0 unspecified atom stereocenters. The molecule has 3 aliphatic heterocycles. The lowest BCUT2D eigenvalue weighted by Gasteiger charge is -2.29. The van der Waals surface area contributed by atoms with E-state index in [0.717, 1.165) is 25.9 Å². The number of fused-ring (bicyclic) bond motifs is 1. The number of aryl methyl sites for hydroxylation is 1. The molecule has 2 aromatic rings. The summed E-state index contributed by atoms with van der Waals surface area (Å²) in [5.74, 6) is 1.38. The standard InChI is InChI=1S/C20H24N6O3/c1-25-7-4-12(8-17(25)27)18(28)23-9-13-14-10-26(19-22-6-3-16(21)24-19)11-20(14)5-2-15(13)29-20/h3-4,6-8,13-15H,2,5,9-11H2,1H3,(H,23,28)(H2,21,22,24)/t13-,14+,15+,20+/m0/s1. The number of hydrogen-bond acceptors (Lipinski definition) is 7. The molecule has 0 aromatic carbocycles. The summed E-state index contributed by atoms with van der Waals surface area (Å²) in [5.41, 5.74) is 5.80. The maximum atomic E-state index is 12.5. The zero-order chi connectivity index (χ0) is 20.2. The Labute approximate surface area is 167 Å². The van der Waals surface area contributed by atoms with Gasteiger partial charge in [-0.05, 0) is 25.0 Å². The van der Waals surface area contributed by atoms with Crippen LogP contribution in [-0.2, 0) is 11.8 Å². The highest BCUT2D eigenvalue weighted by atomic mass is 16.5. The van der Waals surface area contributed by atoms with E-state index in [9.17, 15) is 9.59 Å². The lowest BCUT2D eigenvalue weighted by atomic mass is 9.73. The molecule has 9 nitrogen and oxygen atoms in total. The Morgan fingerprint density at radius 1 is 1.45 bits per heavy atom. The van der Waals surface area contributed by atoms with Gasteiger partial charge in [-0.15, -0.1) is 0 Å². The van der Waals surface area contributed by atoms with Gasteiger partial charge in [-0.25, -0.2) is 4.98 Å². The second-order valence-electron chi connectivity index (χ2n) is 8.27. The Hall–Kier alpha value is -2.94. The highest BCUT2D eigenvalue weighted by molar-refractivity contribution is 5.93. The Morgan fingerprint density at radius 2 is 2.31 bits per heavy atom. The lowest BCUT2D eigenvalue weighted by molar-refractivity contribution is 0.0141. The van der Waals surface area contributed by atoms with Crippen LogP contribution in [0, 0.1) is 11.8 Å². The van der Waals surface area contributed by atoms with Gasteiger partial charge in [0.2, 0.25) is 5.95 Å². The molecular formula is C20H24N6O3. The van der Waals surface area contributed by atoms with Gasteiger partial charge in [-0.1, -0.05) is 0 Å². The number of amides is 1. The van der Waals surface area contributed by atoms with E-state index in [2.05, 4.69) is 20.2 Å². The largest absolute Gasteiger partial charge is 0.384 e. The van der Waals surface area contributed by atoms with Crippen molar-refractivity contribution in [2.24, 2.45) is 18.9 Å². The fourth-order valence-corrected chi connectivity index (χ4v) is 5.13.